The average molecular weight is 243 g/mol. The molecule has 0 saturated heterocycles. The summed E-state index contributed by atoms with van der Waals surface area (Å²) >= 11 is 0. The van der Waals surface area contributed by atoms with Gasteiger partial charge in [0.2, 0.25) is 0 Å². The summed E-state index contributed by atoms with van der Waals surface area (Å²) in [5.41, 5.74) is 2.06. The van der Waals surface area contributed by atoms with E-state index < -0.39 is 5.97 Å². The molecule has 1 aromatic carbocycles. The van der Waals surface area contributed by atoms with Gasteiger partial charge in [0.25, 0.3) is 0 Å². The largest absolute Gasteiger partial charge is 0.462 e. The lowest BCUT2D eigenvalue weighted by Crippen LogP contribution is -2.07. The monoisotopic (exact) mass is 243 g/mol. The van der Waals surface area contributed by atoms with E-state index in [-0.39, 0.29) is 5.92 Å². The number of aryl methyl sites for hydroxylation is 1. The van der Waals surface area contributed by atoms with Gasteiger partial charge in [0.05, 0.1) is 12.2 Å². The fraction of sp³-hybridized carbons (Fsp3) is 0.333. The zero-order valence-electron chi connectivity index (χ0n) is 10.9. The van der Waals surface area contributed by atoms with E-state index in [4.69, 9.17) is 10.00 Å². The molecule has 0 aromatic heterocycles. The highest BCUT2D eigenvalue weighted by Gasteiger charge is 2.08. The van der Waals surface area contributed by atoms with Gasteiger partial charge in [0.15, 0.2) is 0 Å². The predicted octanol–water partition coefficient (Wildman–Crippen LogP) is 3.10. The van der Waals surface area contributed by atoms with Crippen molar-refractivity contribution in [2.75, 3.05) is 6.61 Å². The van der Waals surface area contributed by atoms with E-state index in [1.165, 1.54) is 6.08 Å². The molecule has 3 nitrogen and oxygen atoms in total. The molecule has 0 N–H and O–H groups in total. The third-order valence-corrected chi connectivity index (χ3v) is 2.38. The molecular formula is C15H17NO2. The first kappa shape index (κ1) is 14.0. The molecule has 0 amide bonds. The zero-order chi connectivity index (χ0) is 13.5. The smallest absolute Gasteiger partial charge is 0.332 e. The number of carbonyl (C=O) groups is 1. The Morgan fingerprint density at radius 1 is 1.44 bits per heavy atom. The van der Waals surface area contributed by atoms with Crippen LogP contribution in [-0.4, -0.2) is 12.6 Å². The Balaban J connectivity index is 2.88. The number of hydrogen-bond acceptors (Lipinski definition) is 3. The average Bonchev–Trinajstić information content (AvgIpc) is 2.34. The van der Waals surface area contributed by atoms with Gasteiger partial charge in [-0.25, -0.2) is 4.79 Å². The molecule has 1 rings (SSSR count). The zero-order valence-corrected chi connectivity index (χ0v) is 10.9. The lowest BCUT2D eigenvalue weighted by atomic mass is 10.0. The van der Waals surface area contributed by atoms with Crippen LogP contribution in [0.1, 0.15) is 25.0 Å². The maximum atomic E-state index is 11.6. The highest BCUT2D eigenvalue weighted by Crippen LogP contribution is 2.17. The number of nitriles is 1. The van der Waals surface area contributed by atoms with Crippen molar-refractivity contribution < 1.29 is 9.53 Å². The molecule has 0 radical (unpaired) electrons. The molecule has 0 aliphatic rings. The lowest BCUT2D eigenvalue weighted by molar-refractivity contribution is -0.138. The quantitative estimate of drug-likeness (QED) is 0.464. The maximum Gasteiger partial charge on any atom is 0.332 e. The molecule has 0 saturated carbocycles. The minimum atomic E-state index is -0.469. The molecule has 0 aliphatic carbocycles. The van der Waals surface area contributed by atoms with Gasteiger partial charge < -0.3 is 4.74 Å². The van der Waals surface area contributed by atoms with Gasteiger partial charge in [0, 0.05) is 6.08 Å². The van der Waals surface area contributed by atoms with Gasteiger partial charge in [-0.15, -0.1) is 0 Å². The number of carbonyl (C=O) groups excluding carboxylic acids is 1. The Morgan fingerprint density at radius 2 is 2.11 bits per heavy atom. The van der Waals surface area contributed by atoms with E-state index in [2.05, 4.69) is 0 Å². The third kappa shape index (κ3) is 4.06. The van der Waals surface area contributed by atoms with E-state index in [0.29, 0.717) is 12.2 Å². The van der Waals surface area contributed by atoms with Crippen molar-refractivity contribution in [2.45, 2.75) is 20.8 Å². The number of allylic oxidation sites excluding steroid dienone is 1. The summed E-state index contributed by atoms with van der Waals surface area (Å²) in [5.74, 6) is -0.185. The maximum absolute atomic E-state index is 11.6. The van der Waals surface area contributed by atoms with Gasteiger partial charge in [0.1, 0.15) is 6.07 Å². The summed E-state index contributed by atoms with van der Waals surface area (Å²) < 4.78 is 5.03. The van der Waals surface area contributed by atoms with Crippen LogP contribution in [0.3, 0.4) is 0 Å². The van der Waals surface area contributed by atoms with Crippen molar-refractivity contribution in [3.8, 4) is 6.07 Å². The molecule has 1 aromatic rings. The Kier molecular flexibility index (Phi) is 5.13. The second kappa shape index (κ2) is 6.61. The highest BCUT2D eigenvalue weighted by atomic mass is 16.5. The third-order valence-electron chi connectivity index (χ3n) is 2.38. The van der Waals surface area contributed by atoms with Gasteiger partial charge in [-0.1, -0.05) is 38.1 Å². The number of hydrogen-bond donors (Lipinski definition) is 0. The molecule has 0 atom stereocenters. The van der Waals surface area contributed by atoms with Crippen LogP contribution in [0.15, 0.2) is 30.3 Å². The Labute approximate surface area is 108 Å². The number of nitrogens with zero attached hydrogens (tertiary/aromatic N) is 1. The van der Waals surface area contributed by atoms with Crippen LogP contribution < -0.4 is 0 Å². The molecule has 0 bridgehead atoms. The van der Waals surface area contributed by atoms with Gasteiger partial charge in [-0.05, 0) is 24.0 Å². The fourth-order valence-electron chi connectivity index (χ4n) is 1.45. The van der Waals surface area contributed by atoms with Crippen molar-refractivity contribution in [3.05, 3.63) is 41.5 Å². The first-order valence-corrected chi connectivity index (χ1v) is 5.89. The first-order valence-electron chi connectivity index (χ1n) is 5.89. The highest BCUT2D eigenvalue weighted by molar-refractivity contribution is 5.95. The summed E-state index contributed by atoms with van der Waals surface area (Å²) in [7, 11) is 0. The summed E-state index contributed by atoms with van der Waals surface area (Å²) in [5, 5.41) is 9.10. The molecule has 0 unspecified atom stereocenters. The summed E-state index contributed by atoms with van der Waals surface area (Å²) in [6, 6.07) is 9.49. The SMILES string of the molecule is Cc1ccccc1C(C#N)=CC(=O)OCC(C)C. The molecule has 0 fully saturated rings. The number of rotatable bonds is 4. The molecule has 3 heteroatoms. The van der Waals surface area contributed by atoms with Gasteiger partial charge in [-0.3, -0.25) is 0 Å². The number of ether oxygens (including phenoxy) is 1. The Hall–Kier alpha value is -2.08. The second-order valence-corrected chi connectivity index (χ2v) is 4.51. The molecule has 0 aliphatic heterocycles. The van der Waals surface area contributed by atoms with E-state index in [9.17, 15) is 4.79 Å². The minimum Gasteiger partial charge on any atom is -0.462 e. The van der Waals surface area contributed by atoms with Crippen molar-refractivity contribution in [1.29, 1.82) is 5.26 Å². The standard InChI is InChI=1S/C15H17NO2/c1-11(2)10-18-15(17)8-13(9-16)14-7-5-4-6-12(14)3/h4-8,11H,10H2,1-3H3. The second-order valence-electron chi connectivity index (χ2n) is 4.51. The van der Waals surface area contributed by atoms with E-state index >= 15 is 0 Å². The van der Waals surface area contributed by atoms with E-state index in [1.54, 1.807) is 0 Å². The Bertz CT molecular complexity index is 495. The van der Waals surface area contributed by atoms with Crippen LogP contribution >= 0.6 is 0 Å². The summed E-state index contributed by atoms with van der Waals surface area (Å²) in [6.07, 6.45) is 1.25. The molecule has 0 heterocycles. The number of benzene rings is 1. The Morgan fingerprint density at radius 3 is 2.67 bits per heavy atom. The molecular weight excluding hydrogens is 226 g/mol. The van der Waals surface area contributed by atoms with Crippen molar-refractivity contribution >= 4 is 11.5 Å². The van der Waals surface area contributed by atoms with Crippen molar-refractivity contribution in [3.63, 3.8) is 0 Å². The van der Waals surface area contributed by atoms with Crippen LogP contribution in [0, 0.1) is 24.2 Å². The fourth-order valence-corrected chi connectivity index (χ4v) is 1.45. The number of esters is 1. The topological polar surface area (TPSA) is 50.1 Å². The van der Waals surface area contributed by atoms with Crippen LogP contribution in [0.2, 0.25) is 0 Å². The van der Waals surface area contributed by atoms with Crippen LogP contribution in [0.4, 0.5) is 0 Å². The van der Waals surface area contributed by atoms with Crippen molar-refractivity contribution in [1.82, 2.24) is 0 Å². The van der Waals surface area contributed by atoms with Crippen LogP contribution in [-0.2, 0) is 9.53 Å². The van der Waals surface area contributed by atoms with E-state index in [0.717, 1.165) is 11.1 Å². The summed E-state index contributed by atoms with van der Waals surface area (Å²) in [4.78, 5) is 11.6. The minimum absolute atomic E-state index is 0.284. The summed E-state index contributed by atoms with van der Waals surface area (Å²) in [6.45, 7) is 6.19. The van der Waals surface area contributed by atoms with E-state index in [1.807, 2.05) is 51.1 Å². The van der Waals surface area contributed by atoms with Crippen LogP contribution in [0.5, 0.6) is 0 Å². The predicted molar refractivity (Wildman–Crippen MR) is 70.6 cm³/mol. The first-order chi connectivity index (χ1) is 8.54. The van der Waals surface area contributed by atoms with Gasteiger partial charge in [-0.2, -0.15) is 5.26 Å². The molecule has 18 heavy (non-hydrogen) atoms. The lowest BCUT2D eigenvalue weighted by Gasteiger charge is -2.06. The van der Waals surface area contributed by atoms with Crippen LogP contribution in [0.25, 0.3) is 5.57 Å². The van der Waals surface area contributed by atoms with Crippen molar-refractivity contribution in [2.24, 2.45) is 5.92 Å². The molecule has 94 valence electrons. The normalized spacial score (nSPS) is 11.2. The molecule has 0 spiro atoms. The van der Waals surface area contributed by atoms with Gasteiger partial charge >= 0.3 is 5.97 Å².